The summed E-state index contributed by atoms with van der Waals surface area (Å²) in [6.45, 7) is 6.39. The van der Waals surface area contributed by atoms with Crippen LogP contribution in [0.25, 0.3) is 11.1 Å². The van der Waals surface area contributed by atoms with E-state index in [1.165, 1.54) is 30.3 Å². The molecule has 0 amide bonds. The predicted molar refractivity (Wildman–Crippen MR) is 135 cm³/mol. The van der Waals surface area contributed by atoms with Crippen molar-refractivity contribution in [2.45, 2.75) is 44.6 Å². The van der Waals surface area contributed by atoms with E-state index in [2.05, 4.69) is 6.58 Å². The van der Waals surface area contributed by atoms with E-state index >= 15 is 0 Å². The lowest BCUT2D eigenvalue weighted by atomic mass is 9.82. The number of carbonyl (C=O) groups is 1. The van der Waals surface area contributed by atoms with Crippen LogP contribution in [0, 0.1) is 17.5 Å². The van der Waals surface area contributed by atoms with Crippen molar-refractivity contribution in [3.05, 3.63) is 95.8 Å². The molecule has 0 radical (unpaired) electrons. The molecule has 194 valence electrons. The molecule has 0 bridgehead atoms. The fraction of sp³-hybridized carbons (Fsp3) is 0.300. The second-order valence-electron chi connectivity index (χ2n) is 8.92. The summed E-state index contributed by atoms with van der Waals surface area (Å²) in [7, 11) is 0. The van der Waals surface area contributed by atoms with Gasteiger partial charge in [-0.15, -0.1) is 0 Å². The van der Waals surface area contributed by atoms with Crippen LogP contribution in [0.15, 0.2) is 67.3 Å². The fourth-order valence-electron chi connectivity index (χ4n) is 4.64. The van der Waals surface area contributed by atoms with Gasteiger partial charge in [0, 0.05) is 18.2 Å². The highest BCUT2D eigenvalue weighted by Crippen LogP contribution is 2.37. The Morgan fingerprint density at radius 1 is 0.973 bits per heavy atom. The minimum Gasteiger partial charge on any atom is -0.489 e. The Morgan fingerprint density at radius 2 is 1.70 bits per heavy atom. The number of hydrogen-bond donors (Lipinski definition) is 0. The first-order chi connectivity index (χ1) is 17.9. The molecule has 4 nitrogen and oxygen atoms in total. The van der Waals surface area contributed by atoms with Crippen LogP contribution in [0.5, 0.6) is 11.5 Å². The minimum absolute atomic E-state index is 0.105. The summed E-state index contributed by atoms with van der Waals surface area (Å²) in [5, 5.41) is 0. The maximum atomic E-state index is 14.9. The number of halogens is 3. The van der Waals surface area contributed by atoms with Crippen LogP contribution in [0.1, 0.15) is 54.4 Å². The molecule has 0 atom stereocenters. The van der Waals surface area contributed by atoms with Gasteiger partial charge in [-0.3, -0.25) is 0 Å². The summed E-state index contributed by atoms with van der Waals surface area (Å²) >= 11 is 0. The van der Waals surface area contributed by atoms with Gasteiger partial charge in [-0.2, -0.15) is 4.39 Å². The summed E-state index contributed by atoms with van der Waals surface area (Å²) in [5.41, 5.74) is 1.27. The molecule has 3 aromatic rings. The van der Waals surface area contributed by atoms with Crippen LogP contribution < -0.4 is 9.47 Å². The first-order valence-electron chi connectivity index (χ1n) is 12.4. The average molecular weight is 511 g/mol. The Labute approximate surface area is 214 Å². The van der Waals surface area contributed by atoms with Crippen LogP contribution in [-0.4, -0.2) is 25.3 Å². The minimum atomic E-state index is -1.18. The lowest BCUT2D eigenvalue weighted by molar-refractivity contribution is 0.0325. The van der Waals surface area contributed by atoms with Crippen molar-refractivity contribution in [3.63, 3.8) is 0 Å². The molecular formula is C30H29F3O4. The zero-order chi connectivity index (χ0) is 26.4. The normalized spacial score (nSPS) is 17.3. The maximum Gasteiger partial charge on any atom is 0.343 e. The molecule has 1 saturated carbocycles. The summed E-state index contributed by atoms with van der Waals surface area (Å²) in [6.07, 6.45) is 4.73. The number of hydrogen-bond acceptors (Lipinski definition) is 4. The third-order valence-electron chi connectivity index (χ3n) is 6.54. The monoisotopic (exact) mass is 510 g/mol. The molecular weight excluding hydrogens is 481 g/mol. The first-order valence-corrected chi connectivity index (χ1v) is 12.4. The van der Waals surface area contributed by atoms with Crippen LogP contribution in [-0.2, 0) is 4.74 Å². The second-order valence-corrected chi connectivity index (χ2v) is 8.92. The van der Waals surface area contributed by atoms with Gasteiger partial charge in [-0.25, -0.2) is 13.6 Å². The van der Waals surface area contributed by atoms with Crippen LogP contribution >= 0.6 is 0 Å². The van der Waals surface area contributed by atoms with Crippen molar-refractivity contribution in [3.8, 4) is 22.6 Å². The average Bonchev–Trinajstić information content (AvgIpc) is 2.91. The molecule has 0 spiro atoms. The highest BCUT2D eigenvalue weighted by Gasteiger charge is 2.27. The predicted octanol–water partition coefficient (Wildman–Crippen LogP) is 7.62. The number of carbonyl (C=O) groups excluding carboxylic acids is 1. The SMILES string of the molecule is C=CCOc1ccc(-c2ccc(C(=O)Oc3ccc(C4CCC(OCC)CC4)c(F)c3F)cc2)c(F)c1. The Bertz CT molecular complexity index is 1250. The topological polar surface area (TPSA) is 44.8 Å². The van der Waals surface area contributed by atoms with E-state index in [9.17, 15) is 18.0 Å². The molecule has 1 aliphatic carbocycles. The van der Waals surface area contributed by atoms with Gasteiger partial charge in [-0.1, -0.05) is 30.9 Å². The van der Waals surface area contributed by atoms with Gasteiger partial charge in [-0.05, 0) is 80.0 Å². The van der Waals surface area contributed by atoms with Gasteiger partial charge >= 0.3 is 5.97 Å². The first kappa shape index (κ1) is 26.5. The molecule has 1 fully saturated rings. The van der Waals surface area contributed by atoms with Gasteiger partial charge in [0.1, 0.15) is 18.2 Å². The van der Waals surface area contributed by atoms with Gasteiger partial charge in [0.2, 0.25) is 5.82 Å². The summed E-state index contributed by atoms with van der Waals surface area (Å²) < 4.78 is 60.3. The molecule has 0 aromatic heterocycles. The molecule has 37 heavy (non-hydrogen) atoms. The molecule has 1 aliphatic rings. The Kier molecular flexibility index (Phi) is 8.66. The van der Waals surface area contributed by atoms with Gasteiger partial charge in [0.05, 0.1) is 11.7 Å². The molecule has 4 rings (SSSR count). The van der Waals surface area contributed by atoms with Crippen molar-refractivity contribution < 1.29 is 32.2 Å². The molecule has 0 unspecified atom stereocenters. The zero-order valence-electron chi connectivity index (χ0n) is 20.6. The van der Waals surface area contributed by atoms with E-state index in [-0.39, 0.29) is 24.2 Å². The highest BCUT2D eigenvalue weighted by molar-refractivity contribution is 5.91. The maximum absolute atomic E-state index is 14.9. The summed E-state index contributed by atoms with van der Waals surface area (Å²) in [5.74, 6) is -3.71. The Hall–Kier alpha value is -3.58. The van der Waals surface area contributed by atoms with E-state index in [0.29, 0.717) is 41.9 Å². The van der Waals surface area contributed by atoms with Crippen molar-refractivity contribution in [1.29, 1.82) is 0 Å². The lowest BCUT2D eigenvalue weighted by Gasteiger charge is -2.28. The molecule has 0 aliphatic heterocycles. The summed E-state index contributed by atoms with van der Waals surface area (Å²) in [6, 6.07) is 13.3. The van der Waals surface area contributed by atoms with Crippen LogP contribution in [0.4, 0.5) is 13.2 Å². The lowest BCUT2D eigenvalue weighted by Crippen LogP contribution is -2.21. The van der Waals surface area contributed by atoms with Crippen molar-refractivity contribution in [2.75, 3.05) is 13.2 Å². The third kappa shape index (κ3) is 6.23. The summed E-state index contributed by atoms with van der Waals surface area (Å²) in [4.78, 5) is 12.6. The molecule has 0 saturated heterocycles. The zero-order valence-corrected chi connectivity index (χ0v) is 20.6. The number of esters is 1. The molecule has 0 heterocycles. The van der Waals surface area contributed by atoms with Crippen LogP contribution in [0.2, 0.25) is 0 Å². The number of ether oxygens (including phenoxy) is 3. The van der Waals surface area contributed by atoms with E-state index in [0.717, 1.165) is 12.8 Å². The van der Waals surface area contributed by atoms with E-state index in [4.69, 9.17) is 14.2 Å². The largest absolute Gasteiger partial charge is 0.489 e. The van der Waals surface area contributed by atoms with Crippen molar-refractivity contribution in [2.24, 2.45) is 0 Å². The van der Waals surface area contributed by atoms with Crippen LogP contribution in [0.3, 0.4) is 0 Å². The molecule has 7 heteroatoms. The number of benzene rings is 3. The second kappa shape index (κ2) is 12.1. The van der Waals surface area contributed by atoms with Gasteiger partial charge < -0.3 is 14.2 Å². The quantitative estimate of drug-likeness (QED) is 0.169. The molecule has 0 N–H and O–H groups in total. The van der Waals surface area contributed by atoms with Crippen molar-refractivity contribution >= 4 is 5.97 Å². The van der Waals surface area contributed by atoms with E-state index in [1.807, 2.05) is 6.92 Å². The Morgan fingerprint density at radius 3 is 2.35 bits per heavy atom. The van der Waals surface area contributed by atoms with Gasteiger partial charge in [0.25, 0.3) is 0 Å². The standard InChI is InChI=1S/C30H29F3O4/c1-3-17-36-23-13-14-24(26(31)18-23)19-5-7-21(8-6-19)30(34)37-27-16-15-25(28(32)29(27)33)20-9-11-22(12-10-20)35-4-2/h3,5-8,13-16,18,20,22H,1,4,9-12,17H2,2H3. The van der Waals surface area contributed by atoms with E-state index < -0.39 is 29.2 Å². The van der Waals surface area contributed by atoms with Crippen molar-refractivity contribution in [1.82, 2.24) is 0 Å². The number of rotatable bonds is 9. The fourth-order valence-corrected chi connectivity index (χ4v) is 4.64. The smallest absolute Gasteiger partial charge is 0.343 e. The Balaban J connectivity index is 1.43. The van der Waals surface area contributed by atoms with Gasteiger partial charge in [0.15, 0.2) is 11.6 Å². The highest BCUT2D eigenvalue weighted by atomic mass is 19.2. The molecule has 3 aromatic carbocycles. The van der Waals surface area contributed by atoms with E-state index in [1.54, 1.807) is 30.3 Å². The third-order valence-corrected chi connectivity index (χ3v) is 6.54.